The number of rotatable bonds is 3. The average molecular weight is 496 g/mol. The first-order valence-corrected chi connectivity index (χ1v) is 11.5. The van der Waals surface area contributed by atoms with Gasteiger partial charge >= 0.3 is 17.8 Å². The molecule has 0 amide bonds. The summed E-state index contributed by atoms with van der Waals surface area (Å²) in [6, 6.07) is 14.9. The van der Waals surface area contributed by atoms with Gasteiger partial charge in [0.25, 0.3) is 0 Å². The Morgan fingerprint density at radius 2 is 1.30 bits per heavy atom. The first-order valence-electron chi connectivity index (χ1n) is 9.89. The fourth-order valence-electron chi connectivity index (χ4n) is 4.19. The second kappa shape index (κ2) is 7.17. The van der Waals surface area contributed by atoms with Gasteiger partial charge in [-0.05, 0) is 19.9 Å². The number of hydrogen-bond donors (Lipinski definition) is 0. The zero-order chi connectivity index (χ0) is 23.8. The summed E-state index contributed by atoms with van der Waals surface area (Å²) in [4.78, 5) is 4.59. The van der Waals surface area contributed by atoms with Crippen LogP contribution in [0.3, 0.4) is 0 Å². The van der Waals surface area contributed by atoms with E-state index in [1.54, 1.807) is 48.5 Å². The fourth-order valence-corrected chi connectivity index (χ4v) is 6.18. The van der Waals surface area contributed by atoms with E-state index in [0.717, 1.165) is 22.7 Å². The van der Waals surface area contributed by atoms with Crippen LogP contribution in [0.2, 0.25) is 0 Å². The van der Waals surface area contributed by atoms with E-state index in [4.69, 9.17) is 0 Å². The molecule has 170 valence electrons. The Bertz CT molecular complexity index is 1420. The lowest BCUT2D eigenvalue weighted by molar-refractivity contribution is -0.254. The molecule has 2 heterocycles. The number of allylic oxidation sites excluding steroid dienone is 2. The number of aryl methyl sites for hydroxylation is 2. The van der Waals surface area contributed by atoms with Crippen LogP contribution in [0.15, 0.2) is 54.6 Å². The first kappa shape index (κ1) is 22.2. The van der Waals surface area contributed by atoms with Gasteiger partial charge in [-0.25, -0.2) is 4.98 Å². The maximum atomic E-state index is 15.2. The van der Waals surface area contributed by atoms with E-state index < -0.39 is 34.6 Å². The van der Waals surface area contributed by atoms with Crippen molar-refractivity contribution < 1.29 is 26.3 Å². The van der Waals surface area contributed by atoms with Gasteiger partial charge in [-0.1, -0.05) is 48.5 Å². The van der Waals surface area contributed by atoms with E-state index in [1.165, 1.54) is 19.9 Å². The van der Waals surface area contributed by atoms with Crippen LogP contribution in [-0.2, 0) is 0 Å². The summed E-state index contributed by atoms with van der Waals surface area (Å²) in [6.45, 7) is 2.89. The Labute approximate surface area is 193 Å². The molecular formula is C24H15F6NS2. The summed E-state index contributed by atoms with van der Waals surface area (Å²) >= 11 is 2.09. The Hall–Kier alpha value is -2.65. The smallest absolute Gasteiger partial charge is 0.236 e. The molecule has 0 saturated heterocycles. The molecule has 2 aromatic carbocycles. The molecule has 0 unspecified atom stereocenters. The second-order valence-corrected chi connectivity index (χ2v) is 10.3. The van der Waals surface area contributed by atoms with Crippen LogP contribution in [0, 0.1) is 13.8 Å². The van der Waals surface area contributed by atoms with E-state index >= 15 is 17.6 Å². The minimum Gasteiger partial charge on any atom is -0.236 e. The SMILES string of the molecule is Cc1sc(-c2ccccc2)nc1C1=C(c2c(C)sc3ccccc23)C(F)(F)C(F)(F)C1(F)F. The zero-order valence-electron chi connectivity index (χ0n) is 17.2. The zero-order valence-corrected chi connectivity index (χ0v) is 18.9. The summed E-state index contributed by atoms with van der Waals surface area (Å²) in [5, 5.41) is 0.521. The third kappa shape index (κ3) is 2.94. The highest BCUT2D eigenvalue weighted by Gasteiger charge is 2.80. The standard InChI is InChI=1S/C24H15F6NS2/c1-12-17(15-10-6-7-11-16(15)32-12)18-19(23(27,28)24(29,30)22(18,25)26)20-13(2)33-21(31-20)14-8-4-3-5-9-14/h3-11H,1-2H3. The lowest BCUT2D eigenvalue weighted by Gasteiger charge is -2.25. The van der Waals surface area contributed by atoms with Gasteiger partial charge < -0.3 is 0 Å². The number of thiophene rings is 1. The maximum absolute atomic E-state index is 15.2. The number of fused-ring (bicyclic) bond motifs is 1. The van der Waals surface area contributed by atoms with Crippen molar-refractivity contribution in [2.45, 2.75) is 31.6 Å². The fraction of sp³-hybridized carbons (Fsp3) is 0.208. The number of halogens is 6. The van der Waals surface area contributed by atoms with Crippen molar-refractivity contribution in [3.05, 3.63) is 75.6 Å². The molecule has 5 rings (SSSR count). The number of aromatic nitrogens is 1. The minimum atomic E-state index is -5.61. The maximum Gasteiger partial charge on any atom is 0.380 e. The van der Waals surface area contributed by atoms with Crippen LogP contribution in [-0.4, -0.2) is 22.8 Å². The molecule has 0 atom stereocenters. The number of benzene rings is 2. The summed E-state index contributed by atoms with van der Waals surface area (Å²) in [5.41, 5.74) is -2.97. The van der Waals surface area contributed by atoms with Crippen molar-refractivity contribution in [1.82, 2.24) is 4.98 Å². The van der Waals surface area contributed by atoms with E-state index in [9.17, 15) is 8.78 Å². The van der Waals surface area contributed by atoms with Gasteiger partial charge in [-0.15, -0.1) is 22.7 Å². The van der Waals surface area contributed by atoms with Crippen LogP contribution in [0.25, 0.3) is 31.8 Å². The van der Waals surface area contributed by atoms with Crippen molar-refractivity contribution in [1.29, 1.82) is 0 Å². The van der Waals surface area contributed by atoms with Gasteiger partial charge in [-0.3, -0.25) is 0 Å². The van der Waals surface area contributed by atoms with E-state index in [-0.39, 0.29) is 25.7 Å². The van der Waals surface area contributed by atoms with E-state index in [1.807, 2.05) is 0 Å². The van der Waals surface area contributed by atoms with Crippen LogP contribution < -0.4 is 0 Å². The molecule has 0 radical (unpaired) electrons. The number of hydrogen-bond acceptors (Lipinski definition) is 3. The molecule has 1 aliphatic carbocycles. The molecule has 9 heteroatoms. The monoisotopic (exact) mass is 495 g/mol. The van der Waals surface area contributed by atoms with Gasteiger partial charge in [0.15, 0.2) is 0 Å². The lowest BCUT2D eigenvalue weighted by atomic mass is 9.95. The molecule has 0 N–H and O–H groups in total. The predicted octanol–water partition coefficient (Wildman–Crippen LogP) is 8.47. The van der Waals surface area contributed by atoms with Crippen molar-refractivity contribution in [2.75, 3.05) is 0 Å². The Morgan fingerprint density at radius 3 is 2.00 bits per heavy atom. The molecule has 4 aromatic rings. The topological polar surface area (TPSA) is 12.9 Å². The van der Waals surface area contributed by atoms with Crippen LogP contribution in [0.5, 0.6) is 0 Å². The number of alkyl halides is 6. The minimum absolute atomic E-state index is 0.159. The molecule has 0 aliphatic heterocycles. The van der Waals surface area contributed by atoms with Gasteiger partial charge in [-0.2, -0.15) is 26.3 Å². The van der Waals surface area contributed by atoms with Gasteiger partial charge in [0, 0.05) is 36.5 Å². The predicted molar refractivity (Wildman–Crippen MR) is 121 cm³/mol. The van der Waals surface area contributed by atoms with Crippen molar-refractivity contribution in [3.63, 3.8) is 0 Å². The Morgan fingerprint density at radius 1 is 0.697 bits per heavy atom. The number of thiazole rings is 1. The summed E-state index contributed by atoms with van der Waals surface area (Å²) < 4.78 is 90.9. The Kier molecular flexibility index (Phi) is 4.82. The molecule has 33 heavy (non-hydrogen) atoms. The Balaban J connectivity index is 1.88. The highest BCUT2D eigenvalue weighted by molar-refractivity contribution is 7.19. The number of nitrogens with zero attached hydrogens (tertiary/aromatic N) is 1. The van der Waals surface area contributed by atoms with E-state index in [2.05, 4.69) is 4.98 Å². The molecule has 0 bridgehead atoms. The molecule has 0 saturated carbocycles. The third-order valence-electron chi connectivity index (χ3n) is 5.74. The van der Waals surface area contributed by atoms with Crippen LogP contribution in [0.1, 0.15) is 21.0 Å². The highest BCUT2D eigenvalue weighted by atomic mass is 32.1. The van der Waals surface area contributed by atoms with Crippen LogP contribution in [0.4, 0.5) is 26.3 Å². The quantitative estimate of drug-likeness (QED) is 0.260. The highest BCUT2D eigenvalue weighted by Crippen LogP contribution is 2.66. The molecular weight excluding hydrogens is 480 g/mol. The van der Waals surface area contributed by atoms with Gasteiger partial charge in [0.05, 0.1) is 11.3 Å². The molecule has 1 aliphatic rings. The van der Waals surface area contributed by atoms with Crippen molar-refractivity contribution in [2.24, 2.45) is 0 Å². The molecule has 1 nitrogen and oxygen atoms in total. The third-order valence-corrected chi connectivity index (χ3v) is 7.85. The first-order chi connectivity index (χ1) is 15.5. The van der Waals surface area contributed by atoms with Crippen molar-refractivity contribution in [3.8, 4) is 10.6 Å². The summed E-state index contributed by atoms with van der Waals surface area (Å²) in [7, 11) is 0. The van der Waals surface area contributed by atoms with E-state index in [0.29, 0.717) is 10.3 Å². The normalized spacial score (nSPS) is 18.9. The van der Waals surface area contributed by atoms with Gasteiger partial charge in [0.2, 0.25) is 0 Å². The van der Waals surface area contributed by atoms with Gasteiger partial charge in [0.1, 0.15) is 5.01 Å². The summed E-state index contributed by atoms with van der Waals surface area (Å²) in [6.07, 6.45) is 0. The summed E-state index contributed by atoms with van der Waals surface area (Å²) in [5.74, 6) is -15.8. The molecule has 0 spiro atoms. The molecule has 2 aromatic heterocycles. The lowest BCUT2D eigenvalue weighted by Crippen LogP contribution is -2.49. The van der Waals surface area contributed by atoms with Crippen LogP contribution >= 0.6 is 22.7 Å². The molecule has 0 fully saturated rings. The largest absolute Gasteiger partial charge is 0.380 e. The second-order valence-electron chi connectivity index (χ2n) is 7.79. The van der Waals surface area contributed by atoms with Crippen molar-refractivity contribution >= 4 is 43.9 Å². The average Bonchev–Trinajstić information content (AvgIpc) is 3.33.